The van der Waals surface area contributed by atoms with E-state index in [1.807, 2.05) is 0 Å². The first-order valence-electron chi connectivity index (χ1n) is 4.80. The van der Waals surface area contributed by atoms with E-state index in [1.54, 1.807) is 0 Å². The van der Waals surface area contributed by atoms with Crippen LogP contribution in [0.2, 0.25) is 0 Å². The molecule has 2 fully saturated rings. The van der Waals surface area contributed by atoms with E-state index in [4.69, 9.17) is 0 Å². The van der Waals surface area contributed by atoms with Crippen molar-refractivity contribution in [1.29, 1.82) is 0 Å². The van der Waals surface area contributed by atoms with E-state index in [2.05, 4.69) is 17.1 Å². The smallest absolute Gasteiger partial charge is 0.0645 e. The van der Waals surface area contributed by atoms with Gasteiger partial charge in [0.15, 0.2) is 0 Å². The van der Waals surface area contributed by atoms with E-state index in [-0.39, 0.29) is 0 Å². The van der Waals surface area contributed by atoms with Crippen LogP contribution in [0, 0.1) is 0 Å². The zero-order chi connectivity index (χ0) is 7.57. The van der Waals surface area contributed by atoms with Gasteiger partial charge in [0, 0.05) is 0 Å². The molecule has 11 heavy (non-hydrogen) atoms. The number of hydrogen-bond donors (Lipinski definition) is 1. The molecule has 1 aliphatic carbocycles. The molecule has 0 atom stereocenters. The molecule has 0 bridgehead atoms. The Kier molecular flexibility index (Phi) is 2.42. The van der Waals surface area contributed by atoms with Crippen molar-refractivity contribution in [3.05, 3.63) is 0 Å². The molecule has 0 unspecified atom stereocenters. The van der Waals surface area contributed by atoms with Gasteiger partial charge in [-0.05, 0) is 31.6 Å². The summed E-state index contributed by atoms with van der Waals surface area (Å²) >= 11 is 2.18. The summed E-state index contributed by atoms with van der Waals surface area (Å²) in [7, 11) is 0. The van der Waals surface area contributed by atoms with Crippen LogP contribution in [-0.2, 0) is 0 Å². The van der Waals surface area contributed by atoms with Crippen LogP contribution in [0.4, 0.5) is 0 Å². The lowest BCUT2D eigenvalue weighted by Crippen LogP contribution is -2.47. The Labute approximate surface area is 73.3 Å². The maximum Gasteiger partial charge on any atom is 0.0645 e. The minimum absolute atomic E-state index is 0.524. The molecule has 0 aromatic carbocycles. The summed E-state index contributed by atoms with van der Waals surface area (Å²) in [6, 6.07) is 0. The molecule has 2 rings (SSSR count). The fraction of sp³-hybridized carbons (Fsp3) is 1.00. The Morgan fingerprint density at radius 1 is 1.00 bits per heavy atom. The summed E-state index contributed by atoms with van der Waals surface area (Å²) in [6.45, 7) is 1.26. The van der Waals surface area contributed by atoms with Gasteiger partial charge in [-0.25, -0.2) is 0 Å². The zero-order valence-electron chi connectivity index (χ0n) is 7.07. The van der Waals surface area contributed by atoms with Crippen molar-refractivity contribution < 1.29 is 0 Å². The molecule has 64 valence electrons. The highest BCUT2D eigenvalue weighted by Gasteiger charge is 2.33. The van der Waals surface area contributed by atoms with E-state index in [9.17, 15) is 0 Å². The third-order valence-electron chi connectivity index (χ3n) is 2.81. The molecule has 1 heterocycles. The van der Waals surface area contributed by atoms with Crippen LogP contribution >= 0.6 is 11.8 Å². The number of hydrogen-bond acceptors (Lipinski definition) is 2. The summed E-state index contributed by atoms with van der Waals surface area (Å²) in [5, 5.41) is 3.70. The lowest BCUT2D eigenvalue weighted by Gasteiger charge is -2.40. The van der Waals surface area contributed by atoms with Crippen molar-refractivity contribution in [3.8, 4) is 0 Å². The van der Waals surface area contributed by atoms with Crippen LogP contribution in [0.5, 0.6) is 0 Å². The van der Waals surface area contributed by atoms with Gasteiger partial charge >= 0.3 is 0 Å². The second-order valence-electron chi connectivity index (χ2n) is 3.68. The standard InChI is InChI=1S/C9H17NS/c1-2-5-9(6-3-1)10-7-4-8-11-9/h10H,1-8H2. The van der Waals surface area contributed by atoms with Gasteiger partial charge in [-0.15, -0.1) is 11.8 Å². The summed E-state index contributed by atoms with van der Waals surface area (Å²) in [5.74, 6) is 1.38. The van der Waals surface area contributed by atoms with Crippen LogP contribution < -0.4 is 5.32 Å². The minimum atomic E-state index is 0.524. The third kappa shape index (κ3) is 1.73. The molecule has 1 saturated heterocycles. The zero-order valence-corrected chi connectivity index (χ0v) is 7.88. The molecule has 0 aromatic heterocycles. The summed E-state index contributed by atoms with van der Waals surface area (Å²) in [5.41, 5.74) is 0. The van der Waals surface area contributed by atoms with Crippen LogP contribution in [-0.4, -0.2) is 17.2 Å². The molecular weight excluding hydrogens is 154 g/mol. The topological polar surface area (TPSA) is 12.0 Å². The molecule has 0 radical (unpaired) electrons. The first kappa shape index (κ1) is 7.93. The molecule has 1 N–H and O–H groups in total. The van der Waals surface area contributed by atoms with E-state index >= 15 is 0 Å². The van der Waals surface area contributed by atoms with Crippen molar-refractivity contribution in [2.45, 2.75) is 43.4 Å². The highest BCUT2D eigenvalue weighted by atomic mass is 32.2. The molecule has 1 nitrogen and oxygen atoms in total. The Balaban J connectivity index is 1.94. The van der Waals surface area contributed by atoms with Crippen LogP contribution in [0.15, 0.2) is 0 Å². The van der Waals surface area contributed by atoms with Crippen molar-refractivity contribution in [1.82, 2.24) is 5.32 Å². The molecule has 1 saturated carbocycles. The SMILES string of the molecule is C1CCC2(CC1)NCCCS2. The van der Waals surface area contributed by atoms with E-state index in [0.29, 0.717) is 4.87 Å². The first-order chi connectivity index (χ1) is 5.41. The summed E-state index contributed by atoms with van der Waals surface area (Å²) in [6.07, 6.45) is 8.55. The van der Waals surface area contributed by atoms with Crippen molar-refractivity contribution in [2.24, 2.45) is 0 Å². The predicted molar refractivity (Wildman–Crippen MR) is 50.9 cm³/mol. The van der Waals surface area contributed by atoms with Gasteiger partial charge in [0.1, 0.15) is 0 Å². The van der Waals surface area contributed by atoms with Gasteiger partial charge in [0.2, 0.25) is 0 Å². The molecular formula is C9H17NS. The van der Waals surface area contributed by atoms with E-state index < -0.39 is 0 Å². The Hall–Kier alpha value is 0.310. The van der Waals surface area contributed by atoms with Gasteiger partial charge in [0.25, 0.3) is 0 Å². The van der Waals surface area contributed by atoms with Gasteiger partial charge < -0.3 is 5.32 Å². The van der Waals surface area contributed by atoms with E-state index in [0.717, 1.165) is 0 Å². The fourth-order valence-electron chi connectivity index (χ4n) is 2.15. The lowest BCUT2D eigenvalue weighted by atomic mass is 9.94. The Bertz CT molecular complexity index is 104. The molecule has 2 aliphatic rings. The summed E-state index contributed by atoms with van der Waals surface area (Å²) < 4.78 is 0. The minimum Gasteiger partial charge on any atom is -0.303 e. The van der Waals surface area contributed by atoms with Gasteiger partial charge in [-0.1, -0.05) is 19.3 Å². The van der Waals surface area contributed by atoms with Crippen LogP contribution in [0.3, 0.4) is 0 Å². The van der Waals surface area contributed by atoms with Crippen molar-refractivity contribution >= 4 is 11.8 Å². The molecule has 0 aromatic rings. The number of nitrogens with one attached hydrogen (secondary N) is 1. The Morgan fingerprint density at radius 2 is 1.82 bits per heavy atom. The molecule has 0 amide bonds. The van der Waals surface area contributed by atoms with Crippen LogP contribution in [0.1, 0.15) is 38.5 Å². The van der Waals surface area contributed by atoms with E-state index in [1.165, 1.54) is 50.8 Å². The molecule has 1 aliphatic heterocycles. The lowest BCUT2D eigenvalue weighted by molar-refractivity contribution is 0.331. The highest BCUT2D eigenvalue weighted by Crippen LogP contribution is 2.39. The predicted octanol–water partition coefficient (Wildman–Crippen LogP) is 2.37. The third-order valence-corrected chi connectivity index (χ3v) is 4.41. The van der Waals surface area contributed by atoms with Gasteiger partial charge in [-0.2, -0.15) is 0 Å². The first-order valence-corrected chi connectivity index (χ1v) is 5.79. The Morgan fingerprint density at radius 3 is 2.45 bits per heavy atom. The molecule has 2 heteroatoms. The van der Waals surface area contributed by atoms with Crippen molar-refractivity contribution in [2.75, 3.05) is 12.3 Å². The maximum atomic E-state index is 3.70. The maximum absolute atomic E-state index is 3.70. The monoisotopic (exact) mass is 171 g/mol. The number of thioether (sulfide) groups is 1. The summed E-state index contributed by atoms with van der Waals surface area (Å²) in [4.78, 5) is 0.524. The number of rotatable bonds is 0. The normalized spacial score (nSPS) is 30.5. The van der Waals surface area contributed by atoms with Crippen LogP contribution in [0.25, 0.3) is 0 Å². The average Bonchev–Trinajstić information content (AvgIpc) is 2.07. The van der Waals surface area contributed by atoms with Crippen molar-refractivity contribution in [3.63, 3.8) is 0 Å². The second kappa shape index (κ2) is 3.36. The van der Waals surface area contributed by atoms with Gasteiger partial charge in [-0.3, -0.25) is 0 Å². The highest BCUT2D eigenvalue weighted by molar-refractivity contribution is 8.00. The van der Waals surface area contributed by atoms with Gasteiger partial charge in [0.05, 0.1) is 4.87 Å². The quantitative estimate of drug-likeness (QED) is 0.600. The fourth-order valence-corrected chi connectivity index (χ4v) is 3.61. The average molecular weight is 171 g/mol. The molecule has 1 spiro atoms. The largest absolute Gasteiger partial charge is 0.303 e. The second-order valence-corrected chi connectivity index (χ2v) is 5.16.